The Hall–Kier alpha value is -0.890. The van der Waals surface area contributed by atoms with Gasteiger partial charge in [0.15, 0.2) is 0 Å². The molecule has 1 saturated carbocycles. The highest BCUT2D eigenvalue weighted by Gasteiger charge is 2.31. The molecule has 1 aliphatic carbocycles. The summed E-state index contributed by atoms with van der Waals surface area (Å²) in [7, 11) is 0. The molecule has 0 saturated heterocycles. The summed E-state index contributed by atoms with van der Waals surface area (Å²) < 4.78 is 13.6. The Morgan fingerprint density at radius 2 is 2.11 bits per heavy atom. The zero-order valence-corrected chi connectivity index (χ0v) is 11.7. The van der Waals surface area contributed by atoms with Crippen molar-refractivity contribution in [2.75, 3.05) is 6.54 Å². The first-order valence-electron chi connectivity index (χ1n) is 7.12. The molecule has 0 aliphatic heterocycles. The second-order valence-corrected chi connectivity index (χ2v) is 5.67. The Balaban J connectivity index is 2.28. The molecule has 1 nitrogen and oxygen atoms in total. The van der Waals surface area contributed by atoms with E-state index in [4.69, 9.17) is 0 Å². The SMILES string of the molecule is CCNC(c1cc(C)cc(F)c1)C1CCCC1C. The van der Waals surface area contributed by atoms with E-state index < -0.39 is 0 Å². The van der Waals surface area contributed by atoms with Crippen molar-refractivity contribution in [2.24, 2.45) is 11.8 Å². The van der Waals surface area contributed by atoms with Gasteiger partial charge in [0.05, 0.1) is 0 Å². The van der Waals surface area contributed by atoms with Crippen LogP contribution in [0.2, 0.25) is 0 Å². The van der Waals surface area contributed by atoms with Crippen LogP contribution in [0.1, 0.15) is 50.3 Å². The van der Waals surface area contributed by atoms with Crippen molar-refractivity contribution in [1.29, 1.82) is 0 Å². The smallest absolute Gasteiger partial charge is 0.123 e. The Kier molecular flexibility index (Phi) is 4.39. The summed E-state index contributed by atoms with van der Waals surface area (Å²) in [5.74, 6) is 1.27. The number of rotatable bonds is 4. The molecular weight excluding hydrogens is 225 g/mol. The maximum Gasteiger partial charge on any atom is 0.123 e. The molecule has 1 N–H and O–H groups in total. The molecule has 1 aromatic carbocycles. The third kappa shape index (κ3) is 2.92. The fourth-order valence-electron chi connectivity index (χ4n) is 3.35. The van der Waals surface area contributed by atoms with E-state index in [2.05, 4.69) is 25.2 Å². The number of hydrogen-bond acceptors (Lipinski definition) is 1. The van der Waals surface area contributed by atoms with Crippen LogP contribution in [-0.4, -0.2) is 6.54 Å². The van der Waals surface area contributed by atoms with Gasteiger partial charge in [-0.15, -0.1) is 0 Å². The zero-order chi connectivity index (χ0) is 13.1. The van der Waals surface area contributed by atoms with E-state index in [9.17, 15) is 4.39 Å². The molecule has 1 fully saturated rings. The van der Waals surface area contributed by atoms with E-state index in [1.807, 2.05) is 6.92 Å². The van der Waals surface area contributed by atoms with Crippen LogP contribution in [0.25, 0.3) is 0 Å². The van der Waals surface area contributed by atoms with Crippen LogP contribution in [0.4, 0.5) is 4.39 Å². The molecule has 0 aromatic heterocycles. The van der Waals surface area contributed by atoms with E-state index in [0.717, 1.165) is 23.6 Å². The van der Waals surface area contributed by atoms with Gasteiger partial charge in [0.1, 0.15) is 5.82 Å². The average molecular weight is 249 g/mol. The Bertz CT molecular complexity index is 382. The van der Waals surface area contributed by atoms with Gasteiger partial charge in [-0.1, -0.05) is 32.8 Å². The monoisotopic (exact) mass is 249 g/mol. The van der Waals surface area contributed by atoms with Gasteiger partial charge < -0.3 is 5.32 Å². The standard InChI is InChI=1S/C16H24FN/c1-4-18-16(15-7-5-6-12(15)3)13-8-11(2)9-14(17)10-13/h8-10,12,15-16,18H,4-7H2,1-3H3. The molecule has 1 aliphatic rings. The highest BCUT2D eigenvalue weighted by molar-refractivity contribution is 5.27. The number of hydrogen-bond donors (Lipinski definition) is 1. The van der Waals surface area contributed by atoms with E-state index in [-0.39, 0.29) is 5.82 Å². The van der Waals surface area contributed by atoms with Gasteiger partial charge in [0.25, 0.3) is 0 Å². The molecule has 3 atom stereocenters. The van der Waals surface area contributed by atoms with Crippen LogP contribution >= 0.6 is 0 Å². The molecule has 2 rings (SSSR count). The van der Waals surface area contributed by atoms with Crippen molar-refractivity contribution in [3.8, 4) is 0 Å². The number of nitrogens with one attached hydrogen (secondary N) is 1. The Morgan fingerprint density at radius 1 is 1.33 bits per heavy atom. The lowest BCUT2D eigenvalue weighted by atomic mass is 9.85. The summed E-state index contributed by atoms with van der Waals surface area (Å²) in [5, 5.41) is 3.56. The topological polar surface area (TPSA) is 12.0 Å². The summed E-state index contributed by atoms with van der Waals surface area (Å²) in [5.41, 5.74) is 2.13. The fraction of sp³-hybridized carbons (Fsp3) is 0.625. The minimum absolute atomic E-state index is 0.112. The van der Waals surface area contributed by atoms with Crippen molar-refractivity contribution in [2.45, 2.75) is 46.1 Å². The Morgan fingerprint density at radius 3 is 2.67 bits per heavy atom. The first-order valence-corrected chi connectivity index (χ1v) is 7.12. The Labute approximate surface area is 110 Å². The number of aryl methyl sites for hydroxylation is 1. The second-order valence-electron chi connectivity index (χ2n) is 5.67. The third-order valence-corrected chi connectivity index (χ3v) is 4.20. The van der Waals surface area contributed by atoms with Gasteiger partial charge in [-0.25, -0.2) is 4.39 Å². The minimum Gasteiger partial charge on any atom is -0.310 e. The van der Waals surface area contributed by atoms with Gasteiger partial charge in [0, 0.05) is 6.04 Å². The summed E-state index contributed by atoms with van der Waals surface area (Å²) >= 11 is 0. The maximum absolute atomic E-state index is 13.6. The number of benzene rings is 1. The molecule has 0 radical (unpaired) electrons. The van der Waals surface area contributed by atoms with Crippen LogP contribution in [0.3, 0.4) is 0 Å². The molecular formula is C16H24FN. The van der Waals surface area contributed by atoms with E-state index in [1.54, 1.807) is 12.1 Å². The predicted molar refractivity (Wildman–Crippen MR) is 74.1 cm³/mol. The predicted octanol–water partition coefficient (Wildman–Crippen LogP) is 4.22. The molecule has 2 heteroatoms. The molecule has 100 valence electrons. The second kappa shape index (κ2) is 5.83. The van der Waals surface area contributed by atoms with E-state index >= 15 is 0 Å². The summed E-state index contributed by atoms with van der Waals surface area (Å²) in [6.45, 7) is 7.35. The summed E-state index contributed by atoms with van der Waals surface area (Å²) in [4.78, 5) is 0. The van der Waals surface area contributed by atoms with Gasteiger partial charge >= 0.3 is 0 Å². The zero-order valence-electron chi connectivity index (χ0n) is 11.7. The van der Waals surface area contributed by atoms with Crippen LogP contribution < -0.4 is 5.32 Å². The normalized spacial score (nSPS) is 25.3. The van der Waals surface area contributed by atoms with Crippen molar-refractivity contribution in [3.63, 3.8) is 0 Å². The molecule has 1 aromatic rings. The lowest BCUT2D eigenvalue weighted by Gasteiger charge is -2.28. The molecule has 0 amide bonds. The molecule has 0 spiro atoms. The molecule has 0 bridgehead atoms. The average Bonchev–Trinajstić information content (AvgIpc) is 2.71. The quantitative estimate of drug-likeness (QED) is 0.842. The van der Waals surface area contributed by atoms with Crippen molar-refractivity contribution < 1.29 is 4.39 Å². The molecule has 0 heterocycles. The van der Waals surface area contributed by atoms with Crippen molar-refractivity contribution in [1.82, 2.24) is 5.32 Å². The molecule has 18 heavy (non-hydrogen) atoms. The van der Waals surface area contributed by atoms with Gasteiger partial charge in [-0.3, -0.25) is 0 Å². The first-order chi connectivity index (χ1) is 8.61. The van der Waals surface area contributed by atoms with Crippen LogP contribution in [0.15, 0.2) is 18.2 Å². The van der Waals surface area contributed by atoms with Gasteiger partial charge in [0.2, 0.25) is 0 Å². The van der Waals surface area contributed by atoms with Crippen molar-refractivity contribution in [3.05, 3.63) is 35.1 Å². The largest absolute Gasteiger partial charge is 0.310 e. The fourth-order valence-corrected chi connectivity index (χ4v) is 3.35. The summed E-state index contributed by atoms with van der Waals surface area (Å²) in [6, 6.07) is 5.74. The summed E-state index contributed by atoms with van der Waals surface area (Å²) in [6.07, 6.45) is 3.87. The number of halogens is 1. The van der Waals surface area contributed by atoms with Crippen LogP contribution in [0.5, 0.6) is 0 Å². The molecule has 3 unspecified atom stereocenters. The van der Waals surface area contributed by atoms with Gasteiger partial charge in [-0.2, -0.15) is 0 Å². The minimum atomic E-state index is -0.112. The maximum atomic E-state index is 13.6. The van der Waals surface area contributed by atoms with E-state index in [1.165, 1.54) is 19.3 Å². The van der Waals surface area contributed by atoms with Gasteiger partial charge in [-0.05, 0) is 55.0 Å². The third-order valence-electron chi connectivity index (χ3n) is 4.20. The highest BCUT2D eigenvalue weighted by atomic mass is 19.1. The van der Waals surface area contributed by atoms with Crippen LogP contribution in [0, 0.1) is 24.6 Å². The van der Waals surface area contributed by atoms with Crippen LogP contribution in [-0.2, 0) is 0 Å². The lowest BCUT2D eigenvalue weighted by molar-refractivity contribution is 0.305. The first kappa shape index (κ1) is 13.5. The lowest BCUT2D eigenvalue weighted by Crippen LogP contribution is -2.29. The van der Waals surface area contributed by atoms with E-state index in [0.29, 0.717) is 12.0 Å². The van der Waals surface area contributed by atoms with Crippen molar-refractivity contribution >= 4 is 0 Å². The highest BCUT2D eigenvalue weighted by Crippen LogP contribution is 2.40.